The van der Waals surface area contributed by atoms with Crippen LogP contribution in [0.2, 0.25) is 0 Å². The van der Waals surface area contributed by atoms with Crippen LogP contribution in [-0.4, -0.2) is 27.7 Å². The van der Waals surface area contributed by atoms with Crippen LogP contribution in [0, 0.1) is 5.41 Å². The monoisotopic (exact) mass is 330 g/mol. The Morgan fingerprint density at radius 3 is 2.50 bits per heavy atom. The zero-order valence-electron chi connectivity index (χ0n) is 14.8. The molecule has 4 nitrogen and oxygen atoms in total. The number of rotatable bonds is 2. The van der Waals surface area contributed by atoms with Gasteiger partial charge in [-0.25, -0.2) is 0 Å². The molecule has 0 bridgehead atoms. The summed E-state index contributed by atoms with van der Waals surface area (Å²) in [5.74, 6) is -0.672. The SMILES string of the molecule is CC(CO)c1cc(O)c2c(c1O)C(=O)C=C1C(C)(C)CCCC12C. The molecule has 0 heterocycles. The molecule has 4 heteroatoms. The lowest BCUT2D eigenvalue weighted by molar-refractivity contribution is 0.102. The van der Waals surface area contributed by atoms with E-state index in [4.69, 9.17) is 0 Å². The molecule has 1 aromatic carbocycles. The highest BCUT2D eigenvalue weighted by Crippen LogP contribution is 2.58. The molecule has 2 unspecified atom stereocenters. The van der Waals surface area contributed by atoms with Gasteiger partial charge >= 0.3 is 0 Å². The minimum absolute atomic E-state index is 0.0391. The van der Waals surface area contributed by atoms with Gasteiger partial charge in [0.2, 0.25) is 0 Å². The Balaban J connectivity index is 2.31. The molecule has 0 saturated heterocycles. The lowest BCUT2D eigenvalue weighted by Crippen LogP contribution is -2.41. The highest BCUT2D eigenvalue weighted by molar-refractivity contribution is 6.11. The molecular weight excluding hydrogens is 304 g/mol. The molecule has 24 heavy (non-hydrogen) atoms. The predicted molar refractivity (Wildman–Crippen MR) is 92.7 cm³/mol. The van der Waals surface area contributed by atoms with Crippen molar-refractivity contribution < 1.29 is 20.1 Å². The molecule has 0 radical (unpaired) electrons. The molecule has 3 N–H and O–H groups in total. The summed E-state index contributed by atoms with van der Waals surface area (Å²) in [7, 11) is 0. The molecule has 130 valence electrons. The number of carbonyl (C=O) groups excluding carboxylic acids is 1. The summed E-state index contributed by atoms with van der Waals surface area (Å²) < 4.78 is 0. The number of aliphatic hydroxyl groups excluding tert-OH is 1. The van der Waals surface area contributed by atoms with Crippen molar-refractivity contribution in [3.63, 3.8) is 0 Å². The quantitative estimate of drug-likeness (QED) is 0.721. The highest BCUT2D eigenvalue weighted by Gasteiger charge is 2.49. The number of fused-ring (bicyclic) bond motifs is 3. The lowest BCUT2D eigenvalue weighted by atomic mass is 9.55. The predicted octanol–water partition coefficient (Wildman–Crippen LogP) is 3.78. The van der Waals surface area contributed by atoms with Gasteiger partial charge in [0.25, 0.3) is 0 Å². The van der Waals surface area contributed by atoms with Gasteiger partial charge in [-0.05, 0) is 30.4 Å². The third-order valence-electron chi connectivity index (χ3n) is 5.99. The molecule has 0 aliphatic heterocycles. The molecule has 1 saturated carbocycles. The van der Waals surface area contributed by atoms with Gasteiger partial charge < -0.3 is 15.3 Å². The van der Waals surface area contributed by atoms with Gasteiger partial charge in [-0.3, -0.25) is 4.79 Å². The highest BCUT2D eigenvalue weighted by atomic mass is 16.3. The van der Waals surface area contributed by atoms with Crippen LogP contribution >= 0.6 is 0 Å². The number of aromatic hydroxyl groups is 2. The molecule has 2 atom stereocenters. The van der Waals surface area contributed by atoms with Crippen LogP contribution in [-0.2, 0) is 5.41 Å². The molecule has 2 aliphatic rings. The van der Waals surface area contributed by atoms with Crippen LogP contribution in [0.3, 0.4) is 0 Å². The number of aliphatic hydroxyl groups is 1. The van der Waals surface area contributed by atoms with E-state index < -0.39 is 5.41 Å². The molecule has 1 fully saturated rings. The van der Waals surface area contributed by atoms with E-state index in [1.165, 1.54) is 6.07 Å². The van der Waals surface area contributed by atoms with Crippen LogP contribution < -0.4 is 0 Å². The maximum Gasteiger partial charge on any atom is 0.190 e. The van der Waals surface area contributed by atoms with Crippen molar-refractivity contribution in [2.24, 2.45) is 5.41 Å². The normalized spacial score (nSPS) is 26.4. The molecule has 0 amide bonds. The van der Waals surface area contributed by atoms with Crippen molar-refractivity contribution in [2.75, 3.05) is 6.61 Å². The number of hydrogen-bond acceptors (Lipinski definition) is 4. The lowest BCUT2D eigenvalue weighted by Gasteiger charge is -2.49. The van der Waals surface area contributed by atoms with Crippen molar-refractivity contribution in [3.05, 3.63) is 34.4 Å². The maximum atomic E-state index is 12.8. The Bertz CT molecular complexity index is 744. The average molecular weight is 330 g/mol. The van der Waals surface area contributed by atoms with Crippen LogP contribution in [0.5, 0.6) is 11.5 Å². The van der Waals surface area contributed by atoms with E-state index in [-0.39, 0.29) is 40.8 Å². The number of carbonyl (C=O) groups is 1. The van der Waals surface area contributed by atoms with Gasteiger partial charge in [0.05, 0.1) is 5.56 Å². The number of benzene rings is 1. The van der Waals surface area contributed by atoms with Crippen LogP contribution in [0.15, 0.2) is 17.7 Å². The first-order valence-corrected chi connectivity index (χ1v) is 8.60. The van der Waals surface area contributed by atoms with Crippen LogP contribution in [0.1, 0.15) is 74.4 Å². The number of hydrogen-bond donors (Lipinski definition) is 3. The van der Waals surface area contributed by atoms with Crippen molar-refractivity contribution in [1.82, 2.24) is 0 Å². The minimum Gasteiger partial charge on any atom is -0.508 e. The Hall–Kier alpha value is -1.81. The average Bonchev–Trinajstić information content (AvgIpc) is 2.50. The molecule has 1 aromatic rings. The topological polar surface area (TPSA) is 77.8 Å². The Morgan fingerprint density at radius 1 is 1.21 bits per heavy atom. The van der Waals surface area contributed by atoms with E-state index in [1.54, 1.807) is 13.0 Å². The first-order valence-electron chi connectivity index (χ1n) is 8.60. The fourth-order valence-corrected chi connectivity index (χ4v) is 4.67. The molecule has 0 spiro atoms. The summed E-state index contributed by atoms with van der Waals surface area (Å²) in [6.45, 7) is 7.91. The van der Waals surface area contributed by atoms with E-state index in [2.05, 4.69) is 20.8 Å². The van der Waals surface area contributed by atoms with Gasteiger partial charge in [0.1, 0.15) is 11.5 Å². The van der Waals surface area contributed by atoms with E-state index in [0.29, 0.717) is 11.1 Å². The molecular formula is C20H26O4. The van der Waals surface area contributed by atoms with E-state index >= 15 is 0 Å². The van der Waals surface area contributed by atoms with E-state index in [1.807, 2.05) is 0 Å². The Morgan fingerprint density at radius 2 is 1.88 bits per heavy atom. The van der Waals surface area contributed by atoms with Gasteiger partial charge in [-0.2, -0.15) is 0 Å². The van der Waals surface area contributed by atoms with Crippen LogP contribution in [0.25, 0.3) is 0 Å². The zero-order chi connectivity index (χ0) is 17.9. The Kier molecular flexibility index (Phi) is 3.79. The molecule has 3 rings (SSSR count). The second kappa shape index (κ2) is 5.35. The minimum atomic E-state index is -0.451. The van der Waals surface area contributed by atoms with Crippen molar-refractivity contribution in [2.45, 2.75) is 58.3 Å². The second-order valence-electron chi connectivity index (χ2n) is 8.16. The third-order valence-corrected chi connectivity index (χ3v) is 5.99. The van der Waals surface area contributed by atoms with Gasteiger partial charge in [0.15, 0.2) is 5.78 Å². The van der Waals surface area contributed by atoms with Gasteiger partial charge in [-0.15, -0.1) is 0 Å². The summed E-state index contributed by atoms with van der Waals surface area (Å²) >= 11 is 0. The fraction of sp³-hybridized carbons (Fsp3) is 0.550. The largest absolute Gasteiger partial charge is 0.508 e. The number of phenols is 2. The molecule has 2 aliphatic carbocycles. The number of allylic oxidation sites excluding steroid dienone is 2. The first kappa shape index (κ1) is 17.0. The smallest absolute Gasteiger partial charge is 0.190 e. The van der Waals surface area contributed by atoms with Crippen molar-refractivity contribution in [3.8, 4) is 11.5 Å². The summed E-state index contributed by atoms with van der Waals surface area (Å²) in [6.07, 6.45) is 4.51. The second-order valence-corrected chi connectivity index (χ2v) is 8.16. The standard InChI is InChI=1S/C20H26O4/c1-11(10-21)12-8-14(23)17-16(18(12)24)13(22)9-15-19(2,3)6-5-7-20(15,17)4/h8-9,11,21,23-24H,5-7,10H2,1-4H3. The zero-order valence-corrected chi connectivity index (χ0v) is 14.8. The summed E-state index contributed by atoms with van der Waals surface area (Å²) in [4.78, 5) is 12.8. The Labute approximate surface area is 142 Å². The van der Waals surface area contributed by atoms with Gasteiger partial charge in [-0.1, -0.05) is 39.7 Å². The fourth-order valence-electron chi connectivity index (χ4n) is 4.67. The summed E-state index contributed by atoms with van der Waals surface area (Å²) in [5, 5.41) is 30.8. The summed E-state index contributed by atoms with van der Waals surface area (Å²) in [5.41, 5.74) is 1.64. The van der Waals surface area contributed by atoms with Crippen molar-refractivity contribution >= 4 is 5.78 Å². The van der Waals surface area contributed by atoms with E-state index in [9.17, 15) is 20.1 Å². The third kappa shape index (κ3) is 2.20. The van der Waals surface area contributed by atoms with E-state index in [0.717, 1.165) is 24.8 Å². The maximum absolute atomic E-state index is 12.8. The van der Waals surface area contributed by atoms with Gasteiger partial charge in [0, 0.05) is 29.1 Å². The summed E-state index contributed by atoms with van der Waals surface area (Å²) in [6, 6.07) is 1.51. The van der Waals surface area contributed by atoms with Crippen molar-refractivity contribution in [1.29, 1.82) is 0 Å². The number of phenolic OH excluding ortho intramolecular Hbond substituents is 2. The number of ketones is 1. The first-order chi connectivity index (χ1) is 11.1. The van der Waals surface area contributed by atoms with Crippen LogP contribution in [0.4, 0.5) is 0 Å². The molecule has 0 aromatic heterocycles.